The van der Waals surface area contributed by atoms with E-state index in [-0.39, 0.29) is 31.7 Å². The Morgan fingerprint density at radius 2 is 1.98 bits per heavy atom. The number of halogens is 5. The van der Waals surface area contributed by atoms with Gasteiger partial charge in [0.2, 0.25) is 11.8 Å². The standard InChI is InChI=1S/C25H34F5N5O5/c1-23(2,3)40-22(38)34-19(15-6-5-8-24(26,27)11-15)20(36)33-18-10-14(7-9-31-18)16(13-39-4)35-12-17(25(28,29)30)32-21(35)37/h7,9-10,15-17,19H,5-6,8,11-13H2,1-4H3,(H,32,37)(H,34,38)(H,31,33,36)/t15-,16+,17-,19-/m0/s1. The number of amides is 4. The van der Waals surface area contributed by atoms with E-state index in [1.165, 1.54) is 25.4 Å². The summed E-state index contributed by atoms with van der Waals surface area (Å²) in [6, 6.07) is -2.54. The van der Waals surface area contributed by atoms with Crippen molar-refractivity contribution in [3.8, 4) is 0 Å². The van der Waals surface area contributed by atoms with Gasteiger partial charge >= 0.3 is 18.3 Å². The van der Waals surface area contributed by atoms with Crippen LogP contribution in [0.4, 0.5) is 37.4 Å². The number of carbonyl (C=O) groups is 3. The molecular weight excluding hydrogens is 545 g/mol. The molecule has 15 heteroatoms. The molecule has 4 amide bonds. The lowest BCUT2D eigenvalue weighted by Crippen LogP contribution is -2.52. The molecule has 1 aliphatic heterocycles. The minimum absolute atomic E-state index is 0.0610. The summed E-state index contributed by atoms with van der Waals surface area (Å²) in [5, 5.41) is 6.81. The summed E-state index contributed by atoms with van der Waals surface area (Å²) in [7, 11) is 1.32. The molecule has 0 unspecified atom stereocenters. The number of nitrogens with one attached hydrogen (secondary N) is 3. The van der Waals surface area contributed by atoms with Crippen LogP contribution in [0.1, 0.15) is 58.1 Å². The molecule has 4 atom stereocenters. The molecule has 1 aliphatic carbocycles. The minimum atomic E-state index is -4.65. The largest absolute Gasteiger partial charge is 0.444 e. The Hall–Kier alpha value is -3.23. The van der Waals surface area contributed by atoms with Gasteiger partial charge in [0.05, 0.1) is 19.2 Å². The molecule has 0 aromatic carbocycles. The number of hydrogen-bond acceptors (Lipinski definition) is 6. The summed E-state index contributed by atoms with van der Waals surface area (Å²) in [5.74, 6) is -4.78. The maximum atomic E-state index is 14.2. The van der Waals surface area contributed by atoms with Gasteiger partial charge < -0.3 is 30.3 Å². The number of pyridine rings is 1. The smallest absolute Gasteiger partial charge is 0.410 e. The van der Waals surface area contributed by atoms with Crippen molar-refractivity contribution in [2.45, 2.75) is 82.3 Å². The van der Waals surface area contributed by atoms with Crippen LogP contribution in [-0.2, 0) is 14.3 Å². The number of anilines is 1. The molecule has 0 spiro atoms. The van der Waals surface area contributed by atoms with Gasteiger partial charge in [-0.3, -0.25) is 4.79 Å². The van der Waals surface area contributed by atoms with Crippen molar-refractivity contribution in [1.82, 2.24) is 20.5 Å². The van der Waals surface area contributed by atoms with Crippen molar-refractivity contribution in [2.24, 2.45) is 5.92 Å². The van der Waals surface area contributed by atoms with Crippen molar-refractivity contribution in [3.63, 3.8) is 0 Å². The first-order valence-electron chi connectivity index (χ1n) is 12.8. The molecule has 3 N–H and O–H groups in total. The summed E-state index contributed by atoms with van der Waals surface area (Å²) in [6.45, 7) is 4.02. The van der Waals surface area contributed by atoms with E-state index in [0.29, 0.717) is 5.56 Å². The zero-order chi connectivity index (χ0) is 29.9. The Morgan fingerprint density at radius 3 is 2.55 bits per heavy atom. The third kappa shape index (κ3) is 8.38. The van der Waals surface area contributed by atoms with Crippen LogP contribution in [0.5, 0.6) is 0 Å². The number of rotatable bonds is 8. The number of aromatic nitrogens is 1. The molecular formula is C25H34F5N5O5. The first-order valence-corrected chi connectivity index (χ1v) is 12.8. The van der Waals surface area contributed by atoms with Crippen LogP contribution in [0.2, 0.25) is 0 Å². The van der Waals surface area contributed by atoms with E-state index in [9.17, 15) is 36.3 Å². The van der Waals surface area contributed by atoms with Gasteiger partial charge in [0.15, 0.2) is 0 Å². The van der Waals surface area contributed by atoms with E-state index in [0.717, 1.165) is 4.90 Å². The third-order valence-corrected chi connectivity index (χ3v) is 6.56. The molecule has 40 heavy (non-hydrogen) atoms. The fourth-order valence-corrected chi connectivity index (χ4v) is 4.79. The lowest BCUT2D eigenvalue weighted by molar-refractivity contribution is -0.150. The number of methoxy groups -OCH3 is 1. The molecule has 2 aliphatic rings. The average Bonchev–Trinajstić information content (AvgIpc) is 3.21. The SMILES string of the molecule is COC[C@H](c1ccnc(NC(=O)[C@@H](NC(=O)OC(C)(C)C)[C@H]2CCCC(F)(F)C2)c1)N1C[C@@H](C(F)(F)F)NC1=O. The Bertz CT molecular complexity index is 1080. The molecule has 2 fully saturated rings. The van der Waals surface area contributed by atoms with E-state index in [1.54, 1.807) is 20.8 Å². The normalized spacial score (nSPS) is 22.7. The molecule has 0 bridgehead atoms. The van der Waals surface area contributed by atoms with E-state index in [4.69, 9.17) is 9.47 Å². The summed E-state index contributed by atoms with van der Waals surface area (Å²) >= 11 is 0. The highest BCUT2D eigenvalue weighted by molar-refractivity contribution is 5.96. The Kier molecular flexibility index (Phi) is 9.47. The average molecular weight is 580 g/mol. The van der Waals surface area contributed by atoms with E-state index < -0.39 is 72.7 Å². The molecule has 1 aromatic rings. The summed E-state index contributed by atoms with van der Waals surface area (Å²) in [6.07, 6.45) is -4.86. The second-order valence-electron chi connectivity index (χ2n) is 11.0. The fraction of sp³-hybridized carbons (Fsp3) is 0.680. The van der Waals surface area contributed by atoms with Crippen LogP contribution in [0.15, 0.2) is 18.3 Å². The number of urea groups is 1. The number of hydrogen-bond donors (Lipinski definition) is 3. The number of alkyl carbamates (subject to hydrolysis) is 1. The number of ether oxygens (including phenoxy) is 2. The van der Waals surface area contributed by atoms with Gasteiger partial charge in [0, 0.05) is 26.1 Å². The zero-order valence-corrected chi connectivity index (χ0v) is 22.6. The minimum Gasteiger partial charge on any atom is -0.444 e. The van der Waals surface area contributed by atoms with Gasteiger partial charge in [-0.2, -0.15) is 13.2 Å². The van der Waals surface area contributed by atoms with Crippen LogP contribution >= 0.6 is 0 Å². The first kappa shape index (κ1) is 31.3. The highest BCUT2D eigenvalue weighted by Crippen LogP contribution is 2.38. The highest BCUT2D eigenvalue weighted by atomic mass is 19.4. The fourth-order valence-electron chi connectivity index (χ4n) is 4.79. The van der Waals surface area contributed by atoms with Gasteiger partial charge in [-0.05, 0) is 57.2 Å². The van der Waals surface area contributed by atoms with Crippen molar-refractivity contribution < 1.29 is 45.8 Å². The molecule has 1 saturated carbocycles. The highest BCUT2D eigenvalue weighted by Gasteiger charge is 2.48. The predicted octanol–water partition coefficient (Wildman–Crippen LogP) is 4.38. The lowest BCUT2D eigenvalue weighted by atomic mass is 9.81. The van der Waals surface area contributed by atoms with Crippen LogP contribution in [-0.4, -0.2) is 78.0 Å². The first-order chi connectivity index (χ1) is 18.5. The van der Waals surface area contributed by atoms with Crippen LogP contribution < -0.4 is 16.0 Å². The topological polar surface area (TPSA) is 122 Å². The van der Waals surface area contributed by atoms with Crippen LogP contribution in [0.3, 0.4) is 0 Å². The quantitative estimate of drug-likeness (QED) is 0.393. The van der Waals surface area contributed by atoms with Gasteiger partial charge in [0.1, 0.15) is 23.5 Å². The van der Waals surface area contributed by atoms with Crippen molar-refractivity contribution in [3.05, 3.63) is 23.9 Å². The van der Waals surface area contributed by atoms with Crippen molar-refractivity contribution in [1.29, 1.82) is 0 Å². The van der Waals surface area contributed by atoms with E-state index >= 15 is 0 Å². The molecule has 1 aromatic heterocycles. The van der Waals surface area contributed by atoms with Crippen LogP contribution in [0, 0.1) is 5.92 Å². The molecule has 3 rings (SSSR count). The van der Waals surface area contributed by atoms with E-state index in [1.807, 2.05) is 5.32 Å². The molecule has 0 radical (unpaired) electrons. The second-order valence-corrected chi connectivity index (χ2v) is 11.0. The molecule has 2 heterocycles. The summed E-state index contributed by atoms with van der Waals surface area (Å²) in [4.78, 5) is 43.2. The van der Waals surface area contributed by atoms with Crippen molar-refractivity contribution in [2.75, 3.05) is 25.6 Å². The summed E-state index contributed by atoms with van der Waals surface area (Å²) in [5.41, 5.74) is -0.591. The monoisotopic (exact) mass is 579 g/mol. The third-order valence-electron chi connectivity index (χ3n) is 6.56. The van der Waals surface area contributed by atoms with E-state index in [2.05, 4.69) is 15.6 Å². The van der Waals surface area contributed by atoms with Gasteiger partial charge in [-0.15, -0.1) is 0 Å². The number of alkyl halides is 5. The van der Waals surface area contributed by atoms with Gasteiger partial charge in [0.25, 0.3) is 0 Å². The van der Waals surface area contributed by atoms with Crippen molar-refractivity contribution >= 4 is 23.8 Å². The predicted molar refractivity (Wildman–Crippen MR) is 133 cm³/mol. The Labute approximate surface area is 228 Å². The zero-order valence-electron chi connectivity index (χ0n) is 22.6. The molecule has 10 nitrogen and oxygen atoms in total. The van der Waals surface area contributed by atoms with Gasteiger partial charge in [-0.1, -0.05) is 0 Å². The number of nitrogens with zero attached hydrogens (tertiary/aromatic N) is 2. The molecule has 224 valence electrons. The Morgan fingerprint density at radius 1 is 1.27 bits per heavy atom. The maximum Gasteiger partial charge on any atom is 0.410 e. The maximum absolute atomic E-state index is 14.2. The second kappa shape index (κ2) is 12.1. The van der Waals surface area contributed by atoms with Crippen LogP contribution in [0.25, 0.3) is 0 Å². The number of carbonyl (C=O) groups excluding carboxylic acids is 3. The van der Waals surface area contributed by atoms with Gasteiger partial charge in [-0.25, -0.2) is 23.4 Å². The Balaban J connectivity index is 1.82. The lowest BCUT2D eigenvalue weighted by Gasteiger charge is -2.34. The molecule has 1 saturated heterocycles. The summed E-state index contributed by atoms with van der Waals surface area (Å²) < 4.78 is 78.4.